The Bertz CT molecular complexity index is 373. The minimum absolute atomic E-state index is 0.0965. The first-order chi connectivity index (χ1) is 8.02. The zero-order valence-electron chi connectivity index (χ0n) is 11.1. The van der Waals surface area contributed by atoms with E-state index in [9.17, 15) is 0 Å². The van der Waals surface area contributed by atoms with Crippen LogP contribution in [0, 0.1) is 0 Å². The van der Waals surface area contributed by atoms with Crippen molar-refractivity contribution in [1.82, 2.24) is 4.98 Å². The summed E-state index contributed by atoms with van der Waals surface area (Å²) in [5.74, 6) is 0. The standard InChI is InChI=1S/C13H23N3S/c1-13(2,3)11-10(9-14)17-12(15-11)16-7-5-4-6-8-16/h4-9,14H2,1-3H3. The number of hydrogen-bond donors (Lipinski definition) is 1. The van der Waals surface area contributed by atoms with Gasteiger partial charge in [0.1, 0.15) is 0 Å². The molecular weight excluding hydrogens is 230 g/mol. The van der Waals surface area contributed by atoms with Crippen molar-refractivity contribution in [2.24, 2.45) is 5.73 Å². The maximum Gasteiger partial charge on any atom is 0.185 e. The van der Waals surface area contributed by atoms with E-state index in [1.165, 1.54) is 35.0 Å². The quantitative estimate of drug-likeness (QED) is 0.881. The van der Waals surface area contributed by atoms with Gasteiger partial charge in [0.25, 0.3) is 0 Å². The van der Waals surface area contributed by atoms with Gasteiger partial charge in [-0.05, 0) is 19.3 Å². The largest absolute Gasteiger partial charge is 0.348 e. The van der Waals surface area contributed by atoms with Gasteiger partial charge in [0.15, 0.2) is 5.13 Å². The second-order valence-corrected chi connectivity index (χ2v) is 6.83. The van der Waals surface area contributed by atoms with Gasteiger partial charge in [0.2, 0.25) is 0 Å². The van der Waals surface area contributed by atoms with Gasteiger partial charge in [-0.25, -0.2) is 4.98 Å². The average Bonchev–Trinajstić information content (AvgIpc) is 2.74. The van der Waals surface area contributed by atoms with E-state index in [1.807, 2.05) is 0 Å². The number of rotatable bonds is 2. The van der Waals surface area contributed by atoms with Gasteiger partial charge in [-0.2, -0.15) is 0 Å². The first kappa shape index (κ1) is 12.8. The highest BCUT2D eigenvalue weighted by Gasteiger charge is 2.24. The highest BCUT2D eigenvalue weighted by molar-refractivity contribution is 7.15. The molecule has 2 N–H and O–H groups in total. The maximum absolute atomic E-state index is 5.84. The number of aromatic nitrogens is 1. The molecular formula is C13H23N3S. The second-order valence-electron chi connectivity index (χ2n) is 5.77. The SMILES string of the molecule is CC(C)(C)c1nc(N2CCCCC2)sc1CN. The number of nitrogens with zero attached hydrogens (tertiary/aromatic N) is 2. The summed E-state index contributed by atoms with van der Waals surface area (Å²) in [6.07, 6.45) is 3.95. The molecule has 0 bridgehead atoms. The summed E-state index contributed by atoms with van der Waals surface area (Å²) in [5.41, 5.74) is 7.12. The van der Waals surface area contributed by atoms with E-state index in [4.69, 9.17) is 10.7 Å². The summed E-state index contributed by atoms with van der Waals surface area (Å²) >= 11 is 1.78. The average molecular weight is 253 g/mol. The lowest BCUT2D eigenvalue weighted by Gasteiger charge is -2.26. The number of nitrogens with two attached hydrogens (primary N) is 1. The second kappa shape index (κ2) is 4.94. The zero-order valence-corrected chi connectivity index (χ0v) is 11.9. The highest BCUT2D eigenvalue weighted by atomic mass is 32.1. The molecule has 0 amide bonds. The van der Waals surface area contributed by atoms with Crippen LogP contribution in [-0.2, 0) is 12.0 Å². The smallest absolute Gasteiger partial charge is 0.185 e. The van der Waals surface area contributed by atoms with Crippen molar-refractivity contribution in [2.45, 2.75) is 52.0 Å². The van der Waals surface area contributed by atoms with Crippen molar-refractivity contribution in [3.8, 4) is 0 Å². The summed E-state index contributed by atoms with van der Waals surface area (Å²) < 4.78 is 0. The third-order valence-electron chi connectivity index (χ3n) is 3.21. The molecule has 0 saturated carbocycles. The lowest BCUT2D eigenvalue weighted by atomic mass is 9.91. The van der Waals surface area contributed by atoms with Gasteiger partial charge in [0.05, 0.1) is 5.69 Å². The number of hydrogen-bond acceptors (Lipinski definition) is 4. The Kier molecular flexibility index (Phi) is 3.73. The molecule has 0 aromatic carbocycles. The maximum atomic E-state index is 5.84. The van der Waals surface area contributed by atoms with Crippen LogP contribution in [0.1, 0.15) is 50.6 Å². The molecule has 17 heavy (non-hydrogen) atoms. The van der Waals surface area contributed by atoms with E-state index in [0.29, 0.717) is 6.54 Å². The zero-order chi connectivity index (χ0) is 12.5. The van der Waals surface area contributed by atoms with E-state index in [1.54, 1.807) is 11.3 Å². The fourth-order valence-electron chi connectivity index (χ4n) is 2.28. The fourth-order valence-corrected chi connectivity index (χ4v) is 3.48. The molecule has 1 aromatic rings. The monoisotopic (exact) mass is 253 g/mol. The Morgan fingerprint density at radius 3 is 2.35 bits per heavy atom. The lowest BCUT2D eigenvalue weighted by molar-refractivity contribution is 0.556. The fraction of sp³-hybridized carbons (Fsp3) is 0.769. The summed E-state index contributed by atoms with van der Waals surface area (Å²) in [6.45, 7) is 9.55. The van der Waals surface area contributed by atoms with Crippen LogP contribution < -0.4 is 10.6 Å². The number of anilines is 1. The van der Waals surface area contributed by atoms with Gasteiger partial charge < -0.3 is 10.6 Å². The van der Waals surface area contributed by atoms with Crippen LogP contribution in [0.5, 0.6) is 0 Å². The molecule has 96 valence electrons. The van der Waals surface area contributed by atoms with Crippen molar-refractivity contribution >= 4 is 16.5 Å². The molecule has 0 radical (unpaired) electrons. The molecule has 1 aliphatic heterocycles. The van der Waals surface area contributed by atoms with Crippen LogP contribution in [-0.4, -0.2) is 18.1 Å². The third kappa shape index (κ3) is 2.80. The minimum atomic E-state index is 0.0965. The molecule has 1 fully saturated rings. The van der Waals surface area contributed by atoms with E-state index >= 15 is 0 Å². The summed E-state index contributed by atoms with van der Waals surface area (Å²) in [5, 5.41) is 1.18. The van der Waals surface area contributed by atoms with Crippen LogP contribution in [0.25, 0.3) is 0 Å². The minimum Gasteiger partial charge on any atom is -0.348 e. The van der Waals surface area contributed by atoms with E-state index < -0.39 is 0 Å². The van der Waals surface area contributed by atoms with Gasteiger partial charge in [-0.15, -0.1) is 11.3 Å². The Balaban J connectivity index is 2.27. The molecule has 0 aliphatic carbocycles. The van der Waals surface area contributed by atoms with E-state index in [-0.39, 0.29) is 5.41 Å². The first-order valence-corrected chi connectivity index (χ1v) is 7.29. The Labute approximate surface area is 108 Å². The number of piperidine rings is 1. The van der Waals surface area contributed by atoms with Crippen LogP contribution in [0.4, 0.5) is 5.13 Å². The Morgan fingerprint density at radius 2 is 1.88 bits per heavy atom. The molecule has 2 rings (SSSR count). The molecule has 0 atom stereocenters. The molecule has 4 heteroatoms. The van der Waals surface area contributed by atoms with Crippen molar-refractivity contribution in [3.63, 3.8) is 0 Å². The van der Waals surface area contributed by atoms with Crippen LogP contribution >= 0.6 is 11.3 Å². The van der Waals surface area contributed by atoms with Gasteiger partial charge >= 0.3 is 0 Å². The predicted molar refractivity (Wildman–Crippen MR) is 74.8 cm³/mol. The summed E-state index contributed by atoms with van der Waals surface area (Å²) in [4.78, 5) is 8.51. The lowest BCUT2D eigenvalue weighted by Crippen LogP contribution is -2.29. The third-order valence-corrected chi connectivity index (χ3v) is 4.35. The van der Waals surface area contributed by atoms with Gasteiger partial charge in [-0.1, -0.05) is 20.8 Å². The molecule has 0 spiro atoms. The van der Waals surface area contributed by atoms with Crippen molar-refractivity contribution < 1.29 is 0 Å². The van der Waals surface area contributed by atoms with Crippen LogP contribution in [0.2, 0.25) is 0 Å². The Hall–Kier alpha value is -0.610. The predicted octanol–water partition coefficient (Wildman–Crippen LogP) is 2.89. The van der Waals surface area contributed by atoms with Gasteiger partial charge in [0, 0.05) is 29.9 Å². The van der Waals surface area contributed by atoms with E-state index in [0.717, 1.165) is 13.1 Å². The molecule has 2 heterocycles. The molecule has 3 nitrogen and oxygen atoms in total. The molecule has 0 unspecified atom stereocenters. The van der Waals surface area contributed by atoms with Crippen molar-refractivity contribution in [2.75, 3.05) is 18.0 Å². The normalized spacial score (nSPS) is 17.5. The van der Waals surface area contributed by atoms with E-state index in [2.05, 4.69) is 25.7 Å². The number of thiazole rings is 1. The molecule has 1 aromatic heterocycles. The van der Waals surface area contributed by atoms with Crippen LogP contribution in [0.15, 0.2) is 0 Å². The topological polar surface area (TPSA) is 42.2 Å². The van der Waals surface area contributed by atoms with Crippen molar-refractivity contribution in [1.29, 1.82) is 0 Å². The molecule has 1 saturated heterocycles. The van der Waals surface area contributed by atoms with Crippen LogP contribution in [0.3, 0.4) is 0 Å². The Morgan fingerprint density at radius 1 is 1.24 bits per heavy atom. The summed E-state index contributed by atoms with van der Waals surface area (Å²) in [6, 6.07) is 0. The first-order valence-electron chi connectivity index (χ1n) is 6.47. The molecule has 1 aliphatic rings. The van der Waals surface area contributed by atoms with Gasteiger partial charge in [-0.3, -0.25) is 0 Å². The highest BCUT2D eigenvalue weighted by Crippen LogP contribution is 2.34. The summed E-state index contributed by atoms with van der Waals surface area (Å²) in [7, 11) is 0. The van der Waals surface area contributed by atoms with Crippen molar-refractivity contribution in [3.05, 3.63) is 10.6 Å².